The fraction of sp³-hybridized carbons (Fsp3) is 0.389. The van der Waals surface area contributed by atoms with Crippen molar-refractivity contribution in [2.45, 2.75) is 0 Å². The number of piperazine rings is 1. The van der Waals surface area contributed by atoms with Crippen LogP contribution < -0.4 is 15.5 Å². The molecule has 0 unspecified atom stereocenters. The molecular weight excluding hydrogens is 475 g/mol. The van der Waals surface area contributed by atoms with Gasteiger partial charge in [-0.3, -0.25) is 14.8 Å². The Morgan fingerprint density at radius 1 is 1.19 bits per heavy atom. The number of pyridine rings is 1. The molecule has 0 radical (unpaired) electrons. The molecule has 2 aromatic rings. The summed E-state index contributed by atoms with van der Waals surface area (Å²) in [4.78, 5) is 25.0. The molecule has 0 bridgehead atoms. The summed E-state index contributed by atoms with van der Waals surface area (Å²) in [5, 5.41) is 9.65. The lowest BCUT2D eigenvalue weighted by Gasteiger charge is -2.37. The maximum Gasteiger partial charge on any atom is 0.252 e. The Balaban J connectivity index is 0.00000261. The molecule has 1 amide bonds. The first-order valence-corrected chi connectivity index (χ1v) is 9.58. The molecular formula is C18H25IN6OS. The van der Waals surface area contributed by atoms with E-state index < -0.39 is 0 Å². The van der Waals surface area contributed by atoms with E-state index in [9.17, 15) is 4.79 Å². The summed E-state index contributed by atoms with van der Waals surface area (Å²) < 4.78 is 0. The lowest BCUT2D eigenvalue weighted by Crippen LogP contribution is -2.53. The van der Waals surface area contributed by atoms with Crippen LogP contribution in [0.5, 0.6) is 0 Å². The summed E-state index contributed by atoms with van der Waals surface area (Å²) in [5.41, 5.74) is 0.571. The minimum atomic E-state index is -0.112. The van der Waals surface area contributed by atoms with E-state index >= 15 is 0 Å². The number of aliphatic imine (C=N–C) groups is 1. The van der Waals surface area contributed by atoms with Gasteiger partial charge in [0.25, 0.3) is 5.91 Å². The normalized spacial score (nSPS) is 14.5. The van der Waals surface area contributed by atoms with E-state index in [1.54, 1.807) is 42.9 Å². The van der Waals surface area contributed by atoms with Gasteiger partial charge in [-0.2, -0.15) is 0 Å². The Hall–Kier alpha value is -1.88. The van der Waals surface area contributed by atoms with Crippen LogP contribution in [0.4, 0.5) is 5.00 Å². The molecule has 2 aromatic heterocycles. The summed E-state index contributed by atoms with van der Waals surface area (Å²) in [6, 6.07) is 7.76. The van der Waals surface area contributed by atoms with Crippen molar-refractivity contribution in [2.24, 2.45) is 4.99 Å². The van der Waals surface area contributed by atoms with Crippen LogP contribution >= 0.6 is 35.3 Å². The number of thiophene rings is 1. The number of nitrogens with zero attached hydrogens (tertiary/aromatic N) is 4. The maximum atomic E-state index is 12.0. The SMILES string of the molecule is CN=C(NCCNC(=O)c1cccnc1)N1CCN(c2cccs2)CC1.I. The van der Waals surface area contributed by atoms with E-state index in [1.165, 1.54) is 5.00 Å². The topological polar surface area (TPSA) is 72.9 Å². The molecule has 3 heterocycles. The van der Waals surface area contributed by atoms with Crippen LogP contribution in [0, 0.1) is 0 Å². The molecule has 1 saturated heterocycles. The number of rotatable bonds is 5. The summed E-state index contributed by atoms with van der Waals surface area (Å²) in [6.07, 6.45) is 3.22. The van der Waals surface area contributed by atoms with E-state index in [0.29, 0.717) is 18.7 Å². The van der Waals surface area contributed by atoms with Crippen LogP contribution in [-0.2, 0) is 0 Å². The van der Waals surface area contributed by atoms with Crippen LogP contribution in [0.15, 0.2) is 47.0 Å². The van der Waals surface area contributed by atoms with Crippen molar-refractivity contribution in [1.82, 2.24) is 20.5 Å². The highest BCUT2D eigenvalue weighted by Crippen LogP contribution is 2.22. The largest absolute Gasteiger partial charge is 0.360 e. The Bertz CT molecular complexity index is 717. The van der Waals surface area contributed by atoms with Gasteiger partial charge >= 0.3 is 0 Å². The first kappa shape index (κ1) is 21.4. The van der Waals surface area contributed by atoms with Crippen molar-refractivity contribution < 1.29 is 4.79 Å². The van der Waals surface area contributed by atoms with Gasteiger partial charge in [0.05, 0.1) is 10.6 Å². The van der Waals surface area contributed by atoms with Gasteiger partial charge < -0.3 is 20.4 Å². The zero-order chi connectivity index (χ0) is 18.2. The number of amides is 1. The highest BCUT2D eigenvalue weighted by molar-refractivity contribution is 14.0. The molecule has 0 saturated carbocycles. The second kappa shape index (κ2) is 11.1. The Labute approximate surface area is 180 Å². The smallest absolute Gasteiger partial charge is 0.252 e. The number of carbonyl (C=O) groups is 1. The molecule has 7 nitrogen and oxygen atoms in total. The molecule has 1 fully saturated rings. The van der Waals surface area contributed by atoms with Gasteiger partial charge in [-0.15, -0.1) is 35.3 Å². The number of aromatic nitrogens is 1. The minimum absolute atomic E-state index is 0. The number of nitrogens with one attached hydrogen (secondary N) is 2. The van der Waals surface area contributed by atoms with Crippen molar-refractivity contribution in [1.29, 1.82) is 0 Å². The van der Waals surface area contributed by atoms with Crippen molar-refractivity contribution >= 4 is 52.2 Å². The third kappa shape index (κ3) is 6.06. The predicted molar refractivity (Wildman–Crippen MR) is 121 cm³/mol. The molecule has 3 rings (SSSR count). The quantitative estimate of drug-likeness (QED) is 0.284. The molecule has 0 atom stereocenters. The Morgan fingerprint density at radius 2 is 1.96 bits per heavy atom. The number of guanidine groups is 1. The van der Waals surface area contributed by atoms with Crippen molar-refractivity contribution in [2.75, 3.05) is 51.2 Å². The van der Waals surface area contributed by atoms with Gasteiger partial charge in [0.2, 0.25) is 0 Å². The molecule has 1 aliphatic heterocycles. The summed E-state index contributed by atoms with van der Waals surface area (Å²) >= 11 is 1.78. The predicted octanol–water partition coefficient (Wildman–Crippen LogP) is 1.89. The van der Waals surface area contributed by atoms with Crippen LogP contribution in [0.1, 0.15) is 10.4 Å². The van der Waals surface area contributed by atoms with E-state index in [0.717, 1.165) is 32.1 Å². The number of carbonyl (C=O) groups excluding carboxylic acids is 1. The van der Waals surface area contributed by atoms with E-state index in [-0.39, 0.29) is 29.9 Å². The number of hydrogen-bond acceptors (Lipinski definition) is 5. The van der Waals surface area contributed by atoms with Crippen molar-refractivity contribution in [3.63, 3.8) is 0 Å². The summed E-state index contributed by atoms with van der Waals surface area (Å²) in [5.74, 6) is 0.769. The summed E-state index contributed by atoms with van der Waals surface area (Å²) in [7, 11) is 1.79. The third-order valence-electron chi connectivity index (χ3n) is 4.23. The average molecular weight is 500 g/mol. The monoisotopic (exact) mass is 500 g/mol. The first-order valence-electron chi connectivity index (χ1n) is 8.70. The van der Waals surface area contributed by atoms with Gasteiger partial charge in [-0.05, 0) is 29.6 Å². The van der Waals surface area contributed by atoms with E-state index in [4.69, 9.17) is 0 Å². The molecule has 9 heteroatoms. The van der Waals surface area contributed by atoms with E-state index in [2.05, 4.69) is 47.9 Å². The standard InChI is InChI=1S/C18H24N6OS.HI/c1-19-18(22-8-7-21-17(25)15-4-2-6-20-14-15)24-11-9-23(10-12-24)16-5-3-13-26-16;/h2-6,13-14H,7-12H2,1H3,(H,19,22)(H,21,25);1H. The van der Waals surface area contributed by atoms with Crippen LogP contribution in [0.3, 0.4) is 0 Å². The second-order valence-corrected chi connectivity index (χ2v) is 6.82. The van der Waals surface area contributed by atoms with Gasteiger partial charge in [-0.1, -0.05) is 0 Å². The lowest BCUT2D eigenvalue weighted by molar-refractivity contribution is 0.0954. The number of anilines is 1. The van der Waals surface area contributed by atoms with Gasteiger partial charge in [0, 0.05) is 58.7 Å². The Kier molecular flexibility index (Phi) is 8.79. The van der Waals surface area contributed by atoms with Crippen LogP contribution in [0.25, 0.3) is 0 Å². The molecule has 0 aliphatic carbocycles. The minimum Gasteiger partial charge on any atom is -0.360 e. The maximum absolute atomic E-state index is 12.0. The van der Waals surface area contributed by atoms with Gasteiger partial charge in [0.15, 0.2) is 5.96 Å². The molecule has 2 N–H and O–H groups in total. The zero-order valence-electron chi connectivity index (χ0n) is 15.3. The van der Waals surface area contributed by atoms with Gasteiger partial charge in [-0.25, -0.2) is 0 Å². The van der Waals surface area contributed by atoms with Gasteiger partial charge in [0.1, 0.15) is 0 Å². The zero-order valence-corrected chi connectivity index (χ0v) is 18.4. The molecule has 0 spiro atoms. The van der Waals surface area contributed by atoms with Crippen LogP contribution in [-0.4, -0.2) is 68.1 Å². The van der Waals surface area contributed by atoms with Crippen molar-refractivity contribution in [3.8, 4) is 0 Å². The molecule has 1 aliphatic rings. The average Bonchev–Trinajstić information content (AvgIpc) is 3.24. The first-order chi connectivity index (χ1) is 12.8. The third-order valence-corrected chi connectivity index (χ3v) is 5.16. The van der Waals surface area contributed by atoms with E-state index in [1.807, 2.05) is 0 Å². The van der Waals surface area contributed by atoms with Crippen molar-refractivity contribution in [3.05, 3.63) is 47.6 Å². The molecule has 27 heavy (non-hydrogen) atoms. The summed E-state index contributed by atoms with van der Waals surface area (Å²) in [6.45, 7) is 4.99. The highest BCUT2D eigenvalue weighted by atomic mass is 127. The van der Waals surface area contributed by atoms with Crippen LogP contribution in [0.2, 0.25) is 0 Å². The lowest BCUT2D eigenvalue weighted by atomic mass is 10.3. The fourth-order valence-corrected chi connectivity index (χ4v) is 3.66. The number of halogens is 1. The fourth-order valence-electron chi connectivity index (χ4n) is 2.87. The Morgan fingerprint density at radius 3 is 2.59 bits per heavy atom. The highest BCUT2D eigenvalue weighted by Gasteiger charge is 2.20. The molecule has 0 aromatic carbocycles. The molecule has 146 valence electrons. The number of hydrogen-bond donors (Lipinski definition) is 2. The second-order valence-electron chi connectivity index (χ2n) is 5.90.